The molecule has 1 fully saturated rings. The summed E-state index contributed by atoms with van der Waals surface area (Å²) in [5.41, 5.74) is 0. The smallest absolute Gasteiger partial charge is 0.320 e. The number of aliphatic carboxylic acids is 1. The molecular weight excluding hydrogens is 174 g/mol. The highest BCUT2D eigenvalue weighted by Gasteiger charge is 2.41. The predicted octanol–water partition coefficient (Wildman–Crippen LogP) is 0.945. The number of carboxylic acid groups (broad SMARTS) is 1. The molecule has 1 saturated carbocycles. The molecule has 1 atom stereocenters. The number of carboxylic acids is 1. The molecule has 0 spiro atoms. The standard InChI is InChI=1S/C8H15NO2S/c1-6(7(10)11)9-5-8(12-2)3-4-8/h6,9H,3-5H2,1-2H3,(H,10,11). The number of rotatable bonds is 5. The van der Waals surface area contributed by atoms with Crippen LogP contribution in [0, 0.1) is 0 Å². The third-order valence-corrected chi connectivity index (χ3v) is 3.76. The minimum atomic E-state index is -0.771. The molecule has 0 saturated heterocycles. The summed E-state index contributed by atoms with van der Waals surface area (Å²) in [4.78, 5) is 10.5. The molecular formula is C8H15NO2S. The first kappa shape index (κ1) is 9.86. The largest absolute Gasteiger partial charge is 0.480 e. The fourth-order valence-electron chi connectivity index (χ4n) is 1.02. The van der Waals surface area contributed by atoms with Crippen LogP contribution >= 0.6 is 11.8 Å². The Bertz CT molecular complexity index is 180. The van der Waals surface area contributed by atoms with E-state index in [0.717, 1.165) is 6.54 Å². The van der Waals surface area contributed by atoms with Gasteiger partial charge in [-0.3, -0.25) is 4.79 Å². The molecule has 70 valence electrons. The van der Waals surface area contributed by atoms with Gasteiger partial charge in [-0.1, -0.05) is 0 Å². The van der Waals surface area contributed by atoms with E-state index in [0.29, 0.717) is 4.75 Å². The summed E-state index contributed by atoms with van der Waals surface area (Å²) in [6, 6.07) is -0.422. The van der Waals surface area contributed by atoms with Gasteiger partial charge in [0, 0.05) is 11.3 Å². The van der Waals surface area contributed by atoms with E-state index in [1.807, 2.05) is 11.8 Å². The molecule has 0 aliphatic heterocycles. The normalized spacial score (nSPS) is 21.8. The fraction of sp³-hybridized carbons (Fsp3) is 0.875. The van der Waals surface area contributed by atoms with Gasteiger partial charge in [0.2, 0.25) is 0 Å². The van der Waals surface area contributed by atoms with Gasteiger partial charge in [-0.2, -0.15) is 11.8 Å². The highest BCUT2D eigenvalue weighted by Crippen LogP contribution is 2.46. The van der Waals surface area contributed by atoms with Crippen molar-refractivity contribution in [3.8, 4) is 0 Å². The minimum absolute atomic E-state index is 0.351. The summed E-state index contributed by atoms with van der Waals surface area (Å²) < 4.78 is 0.351. The van der Waals surface area contributed by atoms with Gasteiger partial charge in [0.05, 0.1) is 0 Å². The number of carbonyl (C=O) groups is 1. The topological polar surface area (TPSA) is 49.3 Å². The van der Waals surface area contributed by atoms with E-state index in [2.05, 4.69) is 11.6 Å². The number of hydrogen-bond donors (Lipinski definition) is 2. The number of hydrogen-bond acceptors (Lipinski definition) is 3. The van der Waals surface area contributed by atoms with Gasteiger partial charge in [-0.25, -0.2) is 0 Å². The first-order valence-electron chi connectivity index (χ1n) is 4.11. The van der Waals surface area contributed by atoms with Crippen LogP contribution in [0.5, 0.6) is 0 Å². The van der Waals surface area contributed by atoms with Crippen molar-refractivity contribution < 1.29 is 9.90 Å². The van der Waals surface area contributed by atoms with E-state index < -0.39 is 12.0 Å². The molecule has 4 heteroatoms. The van der Waals surface area contributed by atoms with Crippen molar-refractivity contribution in [2.24, 2.45) is 0 Å². The van der Waals surface area contributed by atoms with Crippen molar-refractivity contribution in [3.63, 3.8) is 0 Å². The maximum absolute atomic E-state index is 10.5. The van der Waals surface area contributed by atoms with Crippen molar-refractivity contribution in [2.45, 2.75) is 30.6 Å². The van der Waals surface area contributed by atoms with Crippen LogP contribution in [0.25, 0.3) is 0 Å². The monoisotopic (exact) mass is 189 g/mol. The average molecular weight is 189 g/mol. The van der Waals surface area contributed by atoms with Gasteiger partial charge in [-0.15, -0.1) is 0 Å². The van der Waals surface area contributed by atoms with Crippen LogP contribution in [-0.2, 0) is 4.79 Å². The summed E-state index contributed by atoms with van der Waals surface area (Å²) in [5, 5.41) is 11.6. The second kappa shape index (κ2) is 3.66. The molecule has 1 unspecified atom stereocenters. The lowest BCUT2D eigenvalue weighted by molar-refractivity contribution is -0.138. The van der Waals surface area contributed by atoms with Crippen molar-refractivity contribution in [1.29, 1.82) is 0 Å². The summed E-state index contributed by atoms with van der Waals surface area (Å²) in [6.45, 7) is 2.50. The van der Waals surface area contributed by atoms with E-state index in [-0.39, 0.29) is 0 Å². The van der Waals surface area contributed by atoms with Crippen molar-refractivity contribution in [3.05, 3.63) is 0 Å². The molecule has 2 N–H and O–H groups in total. The first-order valence-corrected chi connectivity index (χ1v) is 5.33. The van der Waals surface area contributed by atoms with Crippen LogP contribution in [-0.4, -0.2) is 34.7 Å². The van der Waals surface area contributed by atoms with E-state index in [1.54, 1.807) is 6.92 Å². The molecule has 1 aliphatic rings. The maximum Gasteiger partial charge on any atom is 0.320 e. The van der Waals surface area contributed by atoms with Gasteiger partial charge >= 0.3 is 5.97 Å². The van der Waals surface area contributed by atoms with Crippen molar-refractivity contribution >= 4 is 17.7 Å². The summed E-state index contributed by atoms with van der Waals surface area (Å²) >= 11 is 1.84. The first-order chi connectivity index (χ1) is 5.59. The second-order valence-electron chi connectivity index (χ2n) is 3.33. The highest BCUT2D eigenvalue weighted by atomic mass is 32.2. The van der Waals surface area contributed by atoms with E-state index in [9.17, 15) is 4.79 Å². The summed E-state index contributed by atoms with van der Waals surface area (Å²) in [6.07, 6.45) is 4.52. The molecule has 1 aliphatic carbocycles. The molecule has 12 heavy (non-hydrogen) atoms. The van der Waals surface area contributed by atoms with E-state index >= 15 is 0 Å². The lowest BCUT2D eigenvalue weighted by atomic mass is 10.3. The fourth-order valence-corrected chi connectivity index (χ4v) is 1.76. The van der Waals surface area contributed by atoms with Crippen LogP contribution in [0.2, 0.25) is 0 Å². The van der Waals surface area contributed by atoms with E-state index in [4.69, 9.17) is 5.11 Å². The van der Waals surface area contributed by atoms with Crippen molar-refractivity contribution in [1.82, 2.24) is 5.32 Å². The minimum Gasteiger partial charge on any atom is -0.480 e. The zero-order valence-corrected chi connectivity index (χ0v) is 8.28. The molecule has 3 nitrogen and oxygen atoms in total. The third kappa shape index (κ3) is 2.38. The summed E-state index contributed by atoms with van der Waals surface area (Å²) in [7, 11) is 0. The molecule has 0 radical (unpaired) electrons. The Labute approximate surface area is 76.9 Å². The number of thioether (sulfide) groups is 1. The Morgan fingerprint density at radius 1 is 1.75 bits per heavy atom. The molecule has 0 aromatic heterocycles. The van der Waals surface area contributed by atoms with Gasteiger partial charge in [-0.05, 0) is 26.0 Å². The van der Waals surface area contributed by atoms with E-state index in [1.165, 1.54) is 12.8 Å². The Morgan fingerprint density at radius 3 is 2.67 bits per heavy atom. The van der Waals surface area contributed by atoms with Crippen LogP contribution in [0.15, 0.2) is 0 Å². The average Bonchev–Trinajstić information content (AvgIpc) is 2.81. The highest BCUT2D eigenvalue weighted by molar-refractivity contribution is 8.00. The zero-order chi connectivity index (χ0) is 9.19. The zero-order valence-electron chi connectivity index (χ0n) is 7.46. The second-order valence-corrected chi connectivity index (χ2v) is 4.60. The van der Waals surface area contributed by atoms with Gasteiger partial charge in [0.1, 0.15) is 6.04 Å². The van der Waals surface area contributed by atoms with Crippen LogP contribution < -0.4 is 5.32 Å². The van der Waals surface area contributed by atoms with Gasteiger partial charge < -0.3 is 10.4 Å². The SMILES string of the molecule is CSC1(CNC(C)C(=O)O)CC1. The quantitative estimate of drug-likeness (QED) is 0.676. The molecule has 0 aromatic carbocycles. The van der Waals surface area contributed by atoms with Crippen LogP contribution in [0.4, 0.5) is 0 Å². The molecule has 0 amide bonds. The lowest BCUT2D eigenvalue weighted by Crippen LogP contribution is -2.38. The number of nitrogens with one attached hydrogen (secondary N) is 1. The lowest BCUT2D eigenvalue weighted by Gasteiger charge is -2.15. The molecule has 1 rings (SSSR count). The Kier molecular flexibility index (Phi) is 3.01. The van der Waals surface area contributed by atoms with Gasteiger partial charge in [0.25, 0.3) is 0 Å². The van der Waals surface area contributed by atoms with Crippen LogP contribution in [0.3, 0.4) is 0 Å². The molecule has 0 bridgehead atoms. The van der Waals surface area contributed by atoms with Crippen LogP contribution in [0.1, 0.15) is 19.8 Å². The molecule has 0 aromatic rings. The third-order valence-electron chi connectivity index (χ3n) is 2.34. The Balaban J connectivity index is 2.21. The predicted molar refractivity (Wildman–Crippen MR) is 50.6 cm³/mol. The molecule has 0 heterocycles. The van der Waals surface area contributed by atoms with Crippen molar-refractivity contribution in [2.75, 3.05) is 12.8 Å². The Morgan fingerprint density at radius 2 is 2.33 bits per heavy atom. The maximum atomic E-state index is 10.5. The van der Waals surface area contributed by atoms with Gasteiger partial charge in [0.15, 0.2) is 0 Å². The Hall–Kier alpha value is -0.220. The summed E-state index contributed by atoms with van der Waals surface area (Å²) in [5.74, 6) is -0.771.